The third-order valence-corrected chi connectivity index (χ3v) is 1.61. The van der Waals surface area contributed by atoms with E-state index in [9.17, 15) is 9.50 Å². The zero-order chi connectivity index (χ0) is 8.43. The van der Waals surface area contributed by atoms with E-state index in [1.807, 2.05) is 13.8 Å². The molecule has 0 aliphatic carbocycles. The Morgan fingerprint density at radius 2 is 2.00 bits per heavy atom. The number of phenols is 1. The predicted octanol–water partition coefficient (Wildman–Crippen LogP) is 2.65. The van der Waals surface area contributed by atoms with Crippen molar-refractivity contribution in [2.45, 2.75) is 19.8 Å². The van der Waals surface area contributed by atoms with Crippen LogP contribution in [0.3, 0.4) is 0 Å². The first kappa shape index (κ1) is 8.05. The normalized spacial score (nSPS) is 10.5. The summed E-state index contributed by atoms with van der Waals surface area (Å²) in [4.78, 5) is 0. The molecule has 0 amide bonds. The summed E-state index contributed by atoms with van der Waals surface area (Å²) < 4.78 is 12.5. The van der Waals surface area contributed by atoms with Crippen LogP contribution in [-0.4, -0.2) is 5.11 Å². The highest BCUT2D eigenvalue weighted by atomic mass is 19.1. The van der Waals surface area contributed by atoms with Crippen LogP contribution in [-0.2, 0) is 0 Å². The lowest BCUT2D eigenvalue weighted by atomic mass is 10.0. The van der Waals surface area contributed by atoms with E-state index in [0.29, 0.717) is 0 Å². The standard InChI is InChI=1S/C9H11FO/c1-6(2)8-4-3-7(10)5-9(8)11/h3-6,11H,1-2H3. The molecule has 0 atom stereocenters. The molecule has 0 heterocycles. The van der Waals surface area contributed by atoms with Gasteiger partial charge < -0.3 is 5.11 Å². The molecule has 0 bridgehead atoms. The van der Waals surface area contributed by atoms with Gasteiger partial charge >= 0.3 is 0 Å². The second-order valence-corrected chi connectivity index (χ2v) is 2.86. The van der Waals surface area contributed by atoms with Gasteiger partial charge in [-0.05, 0) is 17.5 Å². The van der Waals surface area contributed by atoms with Crippen LogP contribution in [0, 0.1) is 5.82 Å². The van der Waals surface area contributed by atoms with Gasteiger partial charge in [-0.15, -0.1) is 0 Å². The quantitative estimate of drug-likeness (QED) is 0.659. The van der Waals surface area contributed by atoms with Crippen LogP contribution in [0.4, 0.5) is 4.39 Å². The molecule has 1 nitrogen and oxygen atoms in total. The minimum Gasteiger partial charge on any atom is -0.508 e. The Balaban J connectivity index is 3.09. The predicted molar refractivity (Wildman–Crippen MR) is 42.2 cm³/mol. The molecule has 0 fully saturated rings. The SMILES string of the molecule is CC(C)c1ccc(F)cc1O. The Morgan fingerprint density at radius 3 is 2.45 bits per heavy atom. The zero-order valence-electron chi connectivity index (χ0n) is 6.63. The fourth-order valence-electron chi connectivity index (χ4n) is 1.01. The average Bonchev–Trinajstić information content (AvgIpc) is 1.85. The van der Waals surface area contributed by atoms with Crippen LogP contribution in [0.5, 0.6) is 5.75 Å². The first-order valence-electron chi connectivity index (χ1n) is 3.59. The highest BCUT2D eigenvalue weighted by Crippen LogP contribution is 2.25. The first-order valence-corrected chi connectivity index (χ1v) is 3.59. The van der Waals surface area contributed by atoms with Crippen molar-refractivity contribution in [1.29, 1.82) is 0 Å². The van der Waals surface area contributed by atoms with Gasteiger partial charge in [0.25, 0.3) is 0 Å². The summed E-state index contributed by atoms with van der Waals surface area (Å²) in [6.07, 6.45) is 0. The van der Waals surface area contributed by atoms with Gasteiger partial charge in [0, 0.05) is 6.07 Å². The van der Waals surface area contributed by atoms with Crippen LogP contribution in [0.15, 0.2) is 18.2 Å². The lowest BCUT2D eigenvalue weighted by Crippen LogP contribution is -1.88. The zero-order valence-corrected chi connectivity index (χ0v) is 6.63. The fourth-order valence-corrected chi connectivity index (χ4v) is 1.01. The molecule has 0 aromatic heterocycles. The van der Waals surface area contributed by atoms with Gasteiger partial charge in [0.05, 0.1) is 0 Å². The number of hydrogen-bond acceptors (Lipinski definition) is 1. The minimum absolute atomic E-state index is 0.0417. The van der Waals surface area contributed by atoms with Gasteiger partial charge in [0.1, 0.15) is 11.6 Å². The van der Waals surface area contributed by atoms with E-state index in [0.717, 1.165) is 11.6 Å². The molecule has 0 aliphatic heterocycles. The lowest BCUT2D eigenvalue weighted by molar-refractivity contribution is 0.458. The van der Waals surface area contributed by atoms with Gasteiger partial charge in [-0.3, -0.25) is 0 Å². The molecular weight excluding hydrogens is 143 g/mol. The van der Waals surface area contributed by atoms with Crippen molar-refractivity contribution in [1.82, 2.24) is 0 Å². The van der Waals surface area contributed by atoms with Crippen LogP contribution in [0.25, 0.3) is 0 Å². The monoisotopic (exact) mass is 154 g/mol. The van der Waals surface area contributed by atoms with Crippen LogP contribution < -0.4 is 0 Å². The number of hydrogen-bond donors (Lipinski definition) is 1. The largest absolute Gasteiger partial charge is 0.508 e. The van der Waals surface area contributed by atoms with Gasteiger partial charge in [-0.1, -0.05) is 19.9 Å². The Labute approximate surface area is 65.5 Å². The number of phenolic OH excluding ortho intramolecular Hbond substituents is 1. The molecule has 0 saturated carbocycles. The molecule has 11 heavy (non-hydrogen) atoms. The first-order chi connectivity index (χ1) is 5.11. The fraction of sp³-hybridized carbons (Fsp3) is 0.333. The van der Waals surface area contributed by atoms with E-state index >= 15 is 0 Å². The molecule has 0 spiro atoms. The van der Waals surface area contributed by atoms with Gasteiger partial charge in [0.2, 0.25) is 0 Å². The summed E-state index contributed by atoms with van der Waals surface area (Å²) in [6.45, 7) is 3.90. The maximum absolute atomic E-state index is 12.5. The smallest absolute Gasteiger partial charge is 0.126 e. The summed E-state index contributed by atoms with van der Waals surface area (Å²) in [7, 11) is 0. The Kier molecular flexibility index (Phi) is 2.13. The van der Waals surface area contributed by atoms with E-state index in [1.54, 1.807) is 6.07 Å². The summed E-state index contributed by atoms with van der Waals surface area (Å²) in [6, 6.07) is 4.10. The van der Waals surface area contributed by atoms with E-state index in [-0.39, 0.29) is 11.7 Å². The Hall–Kier alpha value is -1.05. The van der Waals surface area contributed by atoms with Crippen molar-refractivity contribution < 1.29 is 9.50 Å². The van der Waals surface area contributed by atoms with Gasteiger partial charge in [0.15, 0.2) is 0 Å². The van der Waals surface area contributed by atoms with Gasteiger partial charge in [-0.25, -0.2) is 4.39 Å². The van der Waals surface area contributed by atoms with Crippen LogP contribution in [0.1, 0.15) is 25.3 Å². The molecule has 0 aliphatic rings. The minimum atomic E-state index is -0.396. The highest BCUT2D eigenvalue weighted by Gasteiger charge is 2.05. The lowest BCUT2D eigenvalue weighted by Gasteiger charge is -2.06. The molecule has 1 N–H and O–H groups in total. The van der Waals surface area contributed by atoms with E-state index in [1.165, 1.54) is 6.07 Å². The molecule has 0 radical (unpaired) electrons. The summed E-state index contributed by atoms with van der Waals surface area (Å²) in [5.74, 6) is -0.123. The molecule has 0 saturated heterocycles. The van der Waals surface area contributed by atoms with E-state index < -0.39 is 5.82 Å². The van der Waals surface area contributed by atoms with E-state index in [4.69, 9.17) is 0 Å². The van der Waals surface area contributed by atoms with Gasteiger partial charge in [-0.2, -0.15) is 0 Å². The maximum Gasteiger partial charge on any atom is 0.126 e. The molecule has 1 aromatic rings. The van der Waals surface area contributed by atoms with E-state index in [2.05, 4.69) is 0 Å². The average molecular weight is 154 g/mol. The number of aromatic hydroxyl groups is 1. The molecule has 0 unspecified atom stereocenters. The van der Waals surface area contributed by atoms with Crippen molar-refractivity contribution in [2.75, 3.05) is 0 Å². The molecule has 1 rings (SSSR count). The summed E-state index contributed by atoms with van der Waals surface area (Å²) in [5, 5.41) is 9.22. The van der Waals surface area contributed by atoms with Crippen molar-refractivity contribution in [2.24, 2.45) is 0 Å². The third kappa shape index (κ3) is 1.70. The number of benzene rings is 1. The summed E-state index contributed by atoms with van der Waals surface area (Å²) >= 11 is 0. The maximum atomic E-state index is 12.5. The topological polar surface area (TPSA) is 20.2 Å². The second-order valence-electron chi connectivity index (χ2n) is 2.86. The van der Waals surface area contributed by atoms with Crippen molar-refractivity contribution in [3.05, 3.63) is 29.6 Å². The molecular formula is C9H11FO. The van der Waals surface area contributed by atoms with Crippen molar-refractivity contribution in [3.63, 3.8) is 0 Å². The Bertz CT molecular complexity index is 256. The highest BCUT2D eigenvalue weighted by molar-refractivity contribution is 5.34. The molecule has 1 aromatic carbocycles. The molecule has 60 valence electrons. The third-order valence-electron chi connectivity index (χ3n) is 1.61. The van der Waals surface area contributed by atoms with Crippen molar-refractivity contribution >= 4 is 0 Å². The van der Waals surface area contributed by atoms with Crippen LogP contribution >= 0.6 is 0 Å². The number of rotatable bonds is 1. The summed E-state index contributed by atoms with van der Waals surface area (Å²) in [5.41, 5.74) is 0.784. The second kappa shape index (κ2) is 2.91. The number of halogens is 1. The molecule has 2 heteroatoms. The van der Waals surface area contributed by atoms with Crippen LogP contribution in [0.2, 0.25) is 0 Å². The Morgan fingerprint density at radius 1 is 1.36 bits per heavy atom. The van der Waals surface area contributed by atoms with Crippen molar-refractivity contribution in [3.8, 4) is 5.75 Å².